The van der Waals surface area contributed by atoms with Gasteiger partial charge in [-0.05, 0) is 12.5 Å². The van der Waals surface area contributed by atoms with E-state index in [-0.39, 0.29) is 12.6 Å². The maximum Gasteiger partial charge on any atom is 0.358 e. The molecule has 0 amide bonds. The Morgan fingerprint density at radius 2 is 2.12 bits per heavy atom. The highest BCUT2D eigenvalue weighted by atomic mass is 32.1. The summed E-state index contributed by atoms with van der Waals surface area (Å²) in [4.78, 5) is 15.6. The summed E-state index contributed by atoms with van der Waals surface area (Å²) in [7, 11) is 0. The van der Waals surface area contributed by atoms with E-state index in [2.05, 4.69) is 4.98 Å². The summed E-state index contributed by atoms with van der Waals surface area (Å²) in [5.74, 6) is -0.367. The van der Waals surface area contributed by atoms with Crippen molar-refractivity contribution in [3.8, 4) is 0 Å². The van der Waals surface area contributed by atoms with Crippen molar-refractivity contribution in [2.24, 2.45) is 0 Å². The van der Waals surface area contributed by atoms with Crippen LogP contribution < -0.4 is 0 Å². The molecule has 0 bridgehead atoms. The predicted octanol–water partition coefficient (Wildman–Crippen LogP) is 2.81. The number of thiazole rings is 1. The molecule has 0 fully saturated rings. The molecular formula is C12H11NO2S. The first-order chi connectivity index (χ1) is 7.75. The molecule has 2 rings (SSSR count). The number of aromatic nitrogens is 1. The fraction of sp³-hybridized carbons (Fsp3) is 0.167. The van der Waals surface area contributed by atoms with E-state index in [1.807, 2.05) is 37.3 Å². The summed E-state index contributed by atoms with van der Waals surface area (Å²) in [6.45, 7) is 2.15. The predicted molar refractivity (Wildman–Crippen MR) is 62.4 cm³/mol. The van der Waals surface area contributed by atoms with Crippen LogP contribution in [0, 0.1) is 6.92 Å². The maximum absolute atomic E-state index is 11.6. The fourth-order valence-corrected chi connectivity index (χ4v) is 1.84. The molecule has 0 unspecified atom stereocenters. The molecule has 0 aliphatic rings. The Kier molecular flexibility index (Phi) is 3.31. The quantitative estimate of drug-likeness (QED) is 0.765. The Labute approximate surface area is 97.7 Å². The van der Waals surface area contributed by atoms with Crippen LogP contribution in [0.5, 0.6) is 0 Å². The van der Waals surface area contributed by atoms with Gasteiger partial charge in [-0.25, -0.2) is 9.78 Å². The number of ether oxygens (including phenoxy) is 1. The Bertz CT molecular complexity index is 479. The van der Waals surface area contributed by atoms with Gasteiger partial charge < -0.3 is 4.74 Å². The summed E-state index contributed by atoms with van der Waals surface area (Å²) in [5, 5.41) is 2.58. The van der Waals surface area contributed by atoms with Crippen molar-refractivity contribution in [3.63, 3.8) is 0 Å². The van der Waals surface area contributed by atoms with E-state index in [0.29, 0.717) is 5.69 Å². The number of rotatable bonds is 3. The molecule has 4 heteroatoms. The van der Waals surface area contributed by atoms with Crippen LogP contribution in [0.3, 0.4) is 0 Å². The number of hydrogen-bond donors (Lipinski definition) is 0. The number of carbonyl (C=O) groups is 1. The third-order valence-corrected chi connectivity index (χ3v) is 2.81. The average molecular weight is 233 g/mol. The van der Waals surface area contributed by atoms with E-state index in [9.17, 15) is 4.79 Å². The zero-order valence-electron chi connectivity index (χ0n) is 8.84. The van der Waals surface area contributed by atoms with Gasteiger partial charge in [0.2, 0.25) is 0 Å². The molecule has 0 aliphatic carbocycles. The number of aryl methyl sites for hydroxylation is 1. The van der Waals surface area contributed by atoms with Gasteiger partial charge >= 0.3 is 5.97 Å². The molecule has 0 saturated heterocycles. The highest BCUT2D eigenvalue weighted by molar-refractivity contribution is 7.09. The standard InChI is InChI=1S/C12H11NO2S/c1-9-13-11(8-16-9)12(14)15-7-10-5-3-2-4-6-10/h2-6,8H,7H2,1H3. The Morgan fingerprint density at radius 1 is 1.38 bits per heavy atom. The largest absolute Gasteiger partial charge is 0.456 e. The lowest BCUT2D eigenvalue weighted by atomic mass is 10.2. The molecule has 1 heterocycles. The molecule has 0 atom stereocenters. The molecule has 0 saturated carbocycles. The monoisotopic (exact) mass is 233 g/mol. The van der Waals surface area contributed by atoms with Gasteiger partial charge in [0.15, 0.2) is 5.69 Å². The minimum Gasteiger partial charge on any atom is -0.456 e. The maximum atomic E-state index is 11.6. The highest BCUT2D eigenvalue weighted by Gasteiger charge is 2.10. The van der Waals surface area contributed by atoms with E-state index in [0.717, 1.165) is 10.6 Å². The lowest BCUT2D eigenvalue weighted by Gasteiger charge is -2.02. The van der Waals surface area contributed by atoms with E-state index in [1.54, 1.807) is 5.38 Å². The smallest absolute Gasteiger partial charge is 0.358 e. The van der Waals surface area contributed by atoms with Gasteiger partial charge in [0, 0.05) is 5.38 Å². The Morgan fingerprint density at radius 3 is 2.75 bits per heavy atom. The topological polar surface area (TPSA) is 39.2 Å². The number of carbonyl (C=O) groups excluding carboxylic acids is 1. The Hall–Kier alpha value is -1.68. The normalized spacial score (nSPS) is 10.1. The molecular weight excluding hydrogens is 222 g/mol. The first-order valence-corrected chi connectivity index (χ1v) is 5.77. The first kappa shape index (κ1) is 10.8. The molecule has 2 aromatic rings. The van der Waals surface area contributed by atoms with Crippen LogP contribution in [0.1, 0.15) is 21.1 Å². The van der Waals surface area contributed by atoms with Gasteiger partial charge in [-0.3, -0.25) is 0 Å². The second kappa shape index (κ2) is 4.90. The van der Waals surface area contributed by atoms with Crippen molar-refractivity contribution < 1.29 is 9.53 Å². The summed E-state index contributed by atoms with van der Waals surface area (Å²) in [6, 6.07) is 9.58. The van der Waals surface area contributed by atoms with Gasteiger partial charge in [0.05, 0.1) is 5.01 Å². The minimum atomic E-state index is -0.367. The lowest BCUT2D eigenvalue weighted by molar-refractivity contribution is 0.0466. The molecule has 0 spiro atoms. The number of benzene rings is 1. The minimum absolute atomic E-state index is 0.288. The van der Waals surface area contributed by atoms with Crippen LogP contribution in [0.15, 0.2) is 35.7 Å². The summed E-state index contributed by atoms with van der Waals surface area (Å²) >= 11 is 1.44. The van der Waals surface area contributed by atoms with E-state index < -0.39 is 0 Å². The van der Waals surface area contributed by atoms with Crippen molar-refractivity contribution in [2.75, 3.05) is 0 Å². The molecule has 16 heavy (non-hydrogen) atoms. The zero-order chi connectivity index (χ0) is 11.4. The third kappa shape index (κ3) is 2.67. The van der Waals surface area contributed by atoms with Crippen LogP contribution >= 0.6 is 11.3 Å². The second-order valence-corrected chi connectivity index (χ2v) is 4.38. The average Bonchev–Trinajstić information content (AvgIpc) is 2.74. The van der Waals surface area contributed by atoms with Gasteiger partial charge in [-0.2, -0.15) is 0 Å². The van der Waals surface area contributed by atoms with Gasteiger partial charge in [-0.15, -0.1) is 11.3 Å². The van der Waals surface area contributed by atoms with Crippen LogP contribution in [0.4, 0.5) is 0 Å². The van der Waals surface area contributed by atoms with Crippen LogP contribution in [-0.4, -0.2) is 11.0 Å². The van der Waals surface area contributed by atoms with Crippen molar-refractivity contribution in [1.82, 2.24) is 4.98 Å². The molecule has 1 aromatic heterocycles. The summed E-state index contributed by atoms with van der Waals surface area (Å²) < 4.78 is 5.13. The van der Waals surface area contributed by atoms with E-state index in [4.69, 9.17) is 4.74 Å². The van der Waals surface area contributed by atoms with Crippen molar-refractivity contribution in [2.45, 2.75) is 13.5 Å². The van der Waals surface area contributed by atoms with Crippen LogP contribution in [-0.2, 0) is 11.3 Å². The Balaban J connectivity index is 1.94. The van der Waals surface area contributed by atoms with Crippen LogP contribution in [0.2, 0.25) is 0 Å². The second-order valence-electron chi connectivity index (χ2n) is 3.31. The molecule has 82 valence electrons. The number of esters is 1. The molecule has 0 N–H and O–H groups in total. The third-order valence-electron chi connectivity index (χ3n) is 2.04. The van der Waals surface area contributed by atoms with Gasteiger partial charge in [0.25, 0.3) is 0 Å². The van der Waals surface area contributed by atoms with Crippen molar-refractivity contribution in [3.05, 3.63) is 52.0 Å². The highest BCUT2D eigenvalue weighted by Crippen LogP contribution is 2.10. The van der Waals surface area contributed by atoms with Crippen LogP contribution in [0.25, 0.3) is 0 Å². The van der Waals surface area contributed by atoms with Gasteiger partial charge in [-0.1, -0.05) is 30.3 Å². The van der Waals surface area contributed by atoms with Crippen molar-refractivity contribution >= 4 is 17.3 Å². The first-order valence-electron chi connectivity index (χ1n) is 4.89. The molecule has 0 radical (unpaired) electrons. The number of nitrogens with zero attached hydrogens (tertiary/aromatic N) is 1. The zero-order valence-corrected chi connectivity index (χ0v) is 9.66. The molecule has 3 nitrogen and oxygen atoms in total. The van der Waals surface area contributed by atoms with Crippen molar-refractivity contribution in [1.29, 1.82) is 0 Å². The number of hydrogen-bond acceptors (Lipinski definition) is 4. The fourth-order valence-electron chi connectivity index (χ4n) is 1.25. The van der Waals surface area contributed by atoms with Gasteiger partial charge in [0.1, 0.15) is 6.61 Å². The lowest BCUT2D eigenvalue weighted by Crippen LogP contribution is -2.05. The molecule has 1 aromatic carbocycles. The van der Waals surface area contributed by atoms with E-state index >= 15 is 0 Å². The molecule has 0 aliphatic heterocycles. The summed E-state index contributed by atoms with van der Waals surface area (Å²) in [5.41, 5.74) is 1.36. The van der Waals surface area contributed by atoms with E-state index in [1.165, 1.54) is 11.3 Å². The SMILES string of the molecule is Cc1nc(C(=O)OCc2ccccc2)cs1. The summed E-state index contributed by atoms with van der Waals surface area (Å²) in [6.07, 6.45) is 0.